The molecule has 0 bridgehead atoms. The van der Waals surface area contributed by atoms with E-state index in [0.717, 1.165) is 4.47 Å². The van der Waals surface area contributed by atoms with Crippen molar-refractivity contribution in [1.29, 1.82) is 0 Å². The average Bonchev–Trinajstić information content (AvgIpc) is 2.02. The van der Waals surface area contributed by atoms with Gasteiger partial charge in [0.25, 0.3) is 0 Å². The topological polar surface area (TPSA) is 60.4 Å². The van der Waals surface area contributed by atoms with Gasteiger partial charge in [0.05, 0.1) is 0 Å². The third kappa shape index (κ3) is 1.42. The molecular weight excluding hydrogens is 240 g/mol. The zero-order valence-corrected chi connectivity index (χ0v) is 7.83. The number of halogens is 1. The average molecular weight is 243 g/mol. The van der Waals surface area contributed by atoms with E-state index in [1.165, 1.54) is 12.1 Å². The van der Waals surface area contributed by atoms with Crippen LogP contribution < -0.4 is 11.4 Å². The molecule has 0 unspecified atom stereocenters. The standard InChI is InChI=1S/C8H3BrO4/c9-4-1-2-5-6(3-4)12-8(11)13-7(5)10/h1-3H. The summed E-state index contributed by atoms with van der Waals surface area (Å²) in [7, 11) is 0. The van der Waals surface area contributed by atoms with E-state index in [1.807, 2.05) is 0 Å². The van der Waals surface area contributed by atoms with E-state index < -0.39 is 11.4 Å². The van der Waals surface area contributed by atoms with Crippen LogP contribution in [0.1, 0.15) is 0 Å². The first-order chi connectivity index (χ1) is 6.16. The van der Waals surface area contributed by atoms with Crippen LogP contribution in [0.4, 0.5) is 0 Å². The predicted molar refractivity (Wildman–Crippen MR) is 48.7 cm³/mol. The molecule has 2 rings (SSSR count). The zero-order chi connectivity index (χ0) is 9.42. The van der Waals surface area contributed by atoms with Crippen LogP contribution in [-0.4, -0.2) is 0 Å². The number of hydrogen-bond donors (Lipinski definition) is 0. The molecule has 13 heavy (non-hydrogen) atoms. The lowest BCUT2D eigenvalue weighted by Gasteiger charge is -1.92. The van der Waals surface area contributed by atoms with Gasteiger partial charge in [-0.15, -0.1) is 0 Å². The Morgan fingerprint density at radius 1 is 1.15 bits per heavy atom. The van der Waals surface area contributed by atoms with Crippen LogP contribution in [0.15, 0.2) is 41.1 Å². The Hall–Kier alpha value is -1.36. The highest BCUT2D eigenvalue weighted by Gasteiger charge is 2.04. The van der Waals surface area contributed by atoms with E-state index in [9.17, 15) is 9.59 Å². The lowest BCUT2D eigenvalue weighted by molar-refractivity contribution is 0.328. The molecule has 0 atom stereocenters. The molecule has 4 nitrogen and oxygen atoms in total. The van der Waals surface area contributed by atoms with E-state index in [1.54, 1.807) is 6.07 Å². The largest absolute Gasteiger partial charge is 0.522 e. The first-order valence-electron chi connectivity index (χ1n) is 3.40. The van der Waals surface area contributed by atoms with E-state index in [0.29, 0.717) is 0 Å². The predicted octanol–water partition coefficient (Wildman–Crippen LogP) is 1.51. The molecule has 2 aromatic rings. The van der Waals surface area contributed by atoms with Gasteiger partial charge < -0.3 is 8.83 Å². The summed E-state index contributed by atoms with van der Waals surface area (Å²) < 4.78 is 9.64. The summed E-state index contributed by atoms with van der Waals surface area (Å²) in [5.74, 6) is -0.990. The SMILES string of the molecule is O=c1oc(=O)c2ccc(Br)cc2o1. The van der Waals surface area contributed by atoms with Gasteiger partial charge in [-0.1, -0.05) is 15.9 Å². The Labute approximate surface area is 79.9 Å². The minimum Gasteiger partial charge on any atom is -0.394 e. The van der Waals surface area contributed by atoms with E-state index >= 15 is 0 Å². The van der Waals surface area contributed by atoms with Gasteiger partial charge in [0.1, 0.15) is 11.0 Å². The molecule has 0 aliphatic carbocycles. The smallest absolute Gasteiger partial charge is 0.394 e. The Morgan fingerprint density at radius 3 is 2.69 bits per heavy atom. The van der Waals surface area contributed by atoms with Crippen LogP contribution in [0.25, 0.3) is 11.0 Å². The molecule has 66 valence electrons. The van der Waals surface area contributed by atoms with Crippen molar-refractivity contribution in [3.05, 3.63) is 43.7 Å². The fourth-order valence-electron chi connectivity index (χ4n) is 0.991. The van der Waals surface area contributed by atoms with Crippen LogP contribution in [0.3, 0.4) is 0 Å². The molecule has 1 aromatic carbocycles. The molecular formula is C8H3BrO4. The van der Waals surface area contributed by atoms with Gasteiger partial charge in [0.2, 0.25) is 0 Å². The number of hydrogen-bond acceptors (Lipinski definition) is 4. The van der Waals surface area contributed by atoms with Crippen molar-refractivity contribution < 1.29 is 8.83 Å². The van der Waals surface area contributed by atoms with E-state index in [-0.39, 0.29) is 11.0 Å². The van der Waals surface area contributed by atoms with Crippen molar-refractivity contribution in [3.63, 3.8) is 0 Å². The molecule has 0 saturated carbocycles. The first kappa shape index (κ1) is 8.25. The van der Waals surface area contributed by atoms with Gasteiger partial charge in [-0.25, -0.2) is 9.59 Å². The molecule has 0 N–H and O–H groups in total. The Balaban J connectivity index is 3.03. The normalized spacial score (nSPS) is 10.5. The molecule has 0 aliphatic heterocycles. The third-order valence-electron chi connectivity index (χ3n) is 1.53. The van der Waals surface area contributed by atoms with Crippen molar-refractivity contribution >= 4 is 26.9 Å². The second kappa shape index (κ2) is 2.85. The fraction of sp³-hybridized carbons (Fsp3) is 0. The molecule has 1 aromatic heterocycles. The number of rotatable bonds is 0. The summed E-state index contributed by atoms with van der Waals surface area (Å²) in [6.45, 7) is 0. The summed E-state index contributed by atoms with van der Waals surface area (Å²) in [6, 6.07) is 4.72. The highest BCUT2D eigenvalue weighted by molar-refractivity contribution is 9.10. The van der Waals surface area contributed by atoms with Crippen LogP contribution >= 0.6 is 15.9 Å². The first-order valence-corrected chi connectivity index (χ1v) is 4.19. The van der Waals surface area contributed by atoms with Gasteiger partial charge in [-0.05, 0) is 18.2 Å². The van der Waals surface area contributed by atoms with Crippen LogP contribution in [-0.2, 0) is 0 Å². The number of benzene rings is 1. The Bertz CT molecular complexity index is 566. The molecule has 0 amide bonds. The van der Waals surface area contributed by atoms with Crippen LogP contribution in [0.5, 0.6) is 0 Å². The van der Waals surface area contributed by atoms with Crippen molar-refractivity contribution in [2.75, 3.05) is 0 Å². The molecule has 5 heteroatoms. The molecule has 0 fully saturated rings. The summed E-state index contributed by atoms with van der Waals surface area (Å²) >= 11 is 3.19. The van der Waals surface area contributed by atoms with Gasteiger partial charge in [0.15, 0.2) is 0 Å². The van der Waals surface area contributed by atoms with E-state index in [4.69, 9.17) is 0 Å². The summed E-state index contributed by atoms with van der Waals surface area (Å²) in [5.41, 5.74) is -0.464. The molecule has 1 heterocycles. The highest BCUT2D eigenvalue weighted by Crippen LogP contribution is 2.15. The summed E-state index contributed by atoms with van der Waals surface area (Å²) in [6.07, 6.45) is 0. The monoisotopic (exact) mass is 242 g/mol. The van der Waals surface area contributed by atoms with Crippen molar-refractivity contribution in [1.82, 2.24) is 0 Å². The maximum atomic E-state index is 11.1. The minimum atomic E-state index is -0.990. The van der Waals surface area contributed by atoms with Crippen molar-refractivity contribution in [3.8, 4) is 0 Å². The second-order valence-corrected chi connectivity index (χ2v) is 3.30. The maximum Gasteiger partial charge on any atom is 0.522 e. The summed E-state index contributed by atoms with van der Waals surface area (Å²) in [5, 5.41) is 0.253. The lowest BCUT2D eigenvalue weighted by atomic mass is 10.3. The van der Waals surface area contributed by atoms with Crippen molar-refractivity contribution in [2.45, 2.75) is 0 Å². The Kier molecular flexibility index (Phi) is 1.81. The maximum absolute atomic E-state index is 11.1. The lowest BCUT2D eigenvalue weighted by Crippen LogP contribution is -2.09. The Morgan fingerprint density at radius 2 is 1.92 bits per heavy atom. The number of fused-ring (bicyclic) bond motifs is 1. The molecule has 0 spiro atoms. The molecule has 0 aliphatic rings. The molecule has 0 radical (unpaired) electrons. The highest BCUT2D eigenvalue weighted by atomic mass is 79.9. The van der Waals surface area contributed by atoms with Crippen LogP contribution in [0, 0.1) is 0 Å². The quantitative estimate of drug-likeness (QED) is 0.703. The summed E-state index contributed by atoms with van der Waals surface area (Å²) in [4.78, 5) is 21.7. The third-order valence-corrected chi connectivity index (χ3v) is 2.03. The van der Waals surface area contributed by atoms with Gasteiger partial charge in [-0.3, -0.25) is 0 Å². The van der Waals surface area contributed by atoms with E-state index in [2.05, 4.69) is 24.8 Å². The zero-order valence-electron chi connectivity index (χ0n) is 6.24. The van der Waals surface area contributed by atoms with Crippen molar-refractivity contribution in [2.24, 2.45) is 0 Å². The van der Waals surface area contributed by atoms with Gasteiger partial charge in [-0.2, -0.15) is 0 Å². The fourth-order valence-corrected chi connectivity index (χ4v) is 1.33. The molecule has 0 saturated heterocycles. The van der Waals surface area contributed by atoms with Gasteiger partial charge >= 0.3 is 11.4 Å². The van der Waals surface area contributed by atoms with Crippen LogP contribution in [0.2, 0.25) is 0 Å². The minimum absolute atomic E-state index is 0.218. The second-order valence-electron chi connectivity index (χ2n) is 2.38. The van der Waals surface area contributed by atoms with Gasteiger partial charge in [0, 0.05) is 4.47 Å².